The van der Waals surface area contributed by atoms with Gasteiger partial charge in [0.1, 0.15) is 5.75 Å². The van der Waals surface area contributed by atoms with Crippen molar-refractivity contribution in [2.45, 2.75) is 11.8 Å². The van der Waals surface area contributed by atoms with Crippen molar-refractivity contribution >= 4 is 21.7 Å². The molecule has 1 rings (SSSR count). The Bertz CT molecular complexity index is 639. The molecule has 1 aromatic rings. The molecule has 0 saturated carbocycles. The van der Waals surface area contributed by atoms with E-state index in [4.69, 9.17) is 0 Å². The van der Waals surface area contributed by atoms with E-state index in [9.17, 15) is 18.0 Å². The molecule has 0 aliphatic carbocycles. The summed E-state index contributed by atoms with van der Waals surface area (Å²) in [5.41, 5.74) is 0.374. The molecule has 2 amide bonds. The quantitative estimate of drug-likeness (QED) is 0.643. The van der Waals surface area contributed by atoms with Crippen molar-refractivity contribution in [2.24, 2.45) is 0 Å². The SMILES string of the molecule is CCNCCNC(=O)c1ccc(S(=O)(=O)CC(=O)N(C)C)cc1. The van der Waals surface area contributed by atoms with Crippen LogP contribution in [0.2, 0.25) is 0 Å². The first kappa shape index (κ1) is 19.1. The number of nitrogens with zero attached hydrogens (tertiary/aromatic N) is 1. The molecule has 0 bridgehead atoms. The van der Waals surface area contributed by atoms with Crippen LogP contribution in [0, 0.1) is 0 Å². The van der Waals surface area contributed by atoms with Crippen molar-refractivity contribution in [3.8, 4) is 0 Å². The lowest BCUT2D eigenvalue weighted by Gasteiger charge is -2.11. The predicted octanol–water partition coefficient (Wildman–Crippen LogP) is -0.112. The minimum absolute atomic E-state index is 0.0249. The summed E-state index contributed by atoms with van der Waals surface area (Å²) in [5.74, 6) is -1.35. The molecular formula is C15H23N3O4S. The van der Waals surface area contributed by atoms with E-state index < -0.39 is 21.5 Å². The fraction of sp³-hybridized carbons (Fsp3) is 0.467. The third-order valence-corrected chi connectivity index (χ3v) is 4.74. The normalized spacial score (nSPS) is 11.1. The third-order valence-electron chi connectivity index (χ3n) is 3.13. The highest BCUT2D eigenvalue weighted by Crippen LogP contribution is 2.13. The Labute approximate surface area is 137 Å². The standard InChI is InChI=1S/C15H23N3O4S/c1-4-16-9-10-17-15(20)12-5-7-13(8-6-12)23(21,22)11-14(19)18(2)3/h5-8,16H,4,9-11H2,1-3H3,(H,17,20). The Morgan fingerprint density at radius 3 is 2.22 bits per heavy atom. The van der Waals surface area contributed by atoms with Gasteiger partial charge in [-0.3, -0.25) is 9.59 Å². The average Bonchev–Trinajstić information content (AvgIpc) is 2.51. The Balaban J connectivity index is 2.72. The molecule has 0 saturated heterocycles. The van der Waals surface area contributed by atoms with Crippen LogP contribution in [0.5, 0.6) is 0 Å². The molecule has 2 N–H and O–H groups in total. The first-order chi connectivity index (χ1) is 10.8. The molecule has 8 heteroatoms. The fourth-order valence-electron chi connectivity index (χ4n) is 1.73. The molecular weight excluding hydrogens is 318 g/mol. The number of rotatable bonds is 8. The van der Waals surface area contributed by atoms with Crippen LogP contribution in [-0.2, 0) is 14.6 Å². The van der Waals surface area contributed by atoms with Gasteiger partial charge in [-0.05, 0) is 30.8 Å². The second-order valence-electron chi connectivity index (χ2n) is 5.18. The lowest BCUT2D eigenvalue weighted by atomic mass is 10.2. The molecule has 23 heavy (non-hydrogen) atoms. The van der Waals surface area contributed by atoms with Crippen LogP contribution in [-0.4, -0.2) is 64.6 Å². The summed E-state index contributed by atoms with van der Waals surface area (Å²) in [4.78, 5) is 24.7. The molecule has 0 radical (unpaired) electrons. The van der Waals surface area contributed by atoms with E-state index in [2.05, 4.69) is 10.6 Å². The molecule has 0 atom stereocenters. The number of benzene rings is 1. The zero-order valence-corrected chi connectivity index (χ0v) is 14.4. The second kappa shape index (κ2) is 8.64. The highest BCUT2D eigenvalue weighted by molar-refractivity contribution is 7.92. The molecule has 0 aromatic heterocycles. The van der Waals surface area contributed by atoms with Crippen LogP contribution in [0.15, 0.2) is 29.2 Å². The summed E-state index contributed by atoms with van der Waals surface area (Å²) in [6.07, 6.45) is 0. The lowest BCUT2D eigenvalue weighted by molar-refractivity contribution is -0.125. The first-order valence-electron chi connectivity index (χ1n) is 7.30. The van der Waals surface area contributed by atoms with Gasteiger partial charge >= 0.3 is 0 Å². The molecule has 0 aliphatic rings. The molecule has 7 nitrogen and oxygen atoms in total. The fourth-order valence-corrected chi connectivity index (χ4v) is 3.03. The van der Waals surface area contributed by atoms with Crippen LogP contribution < -0.4 is 10.6 Å². The number of amides is 2. The summed E-state index contributed by atoms with van der Waals surface area (Å²) in [6.45, 7) is 3.96. The first-order valence-corrected chi connectivity index (χ1v) is 8.95. The number of carbonyl (C=O) groups excluding carboxylic acids is 2. The van der Waals surface area contributed by atoms with Gasteiger partial charge in [0.25, 0.3) is 5.91 Å². The Kier molecular flexibility index (Phi) is 7.18. The predicted molar refractivity (Wildman–Crippen MR) is 88.1 cm³/mol. The van der Waals surface area contributed by atoms with Gasteiger partial charge in [-0.15, -0.1) is 0 Å². The molecule has 0 fully saturated rings. The van der Waals surface area contributed by atoms with Gasteiger partial charge in [-0.25, -0.2) is 8.42 Å². The monoisotopic (exact) mass is 341 g/mol. The highest BCUT2D eigenvalue weighted by Gasteiger charge is 2.20. The lowest BCUT2D eigenvalue weighted by Crippen LogP contribution is -2.31. The molecule has 128 valence electrons. The second-order valence-corrected chi connectivity index (χ2v) is 7.17. The van der Waals surface area contributed by atoms with Gasteiger partial charge in [-0.1, -0.05) is 6.92 Å². The largest absolute Gasteiger partial charge is 0.351 e. The number of likely N-dealkylation sites (N-methyl/N-ethyl adjacent to an activating group) is 1. The van der Waals surface area contributed by atoms with Crippen molar-refractivity contribution < 1.29 is 18.0 Å². The summed E-state index contributed by atoms with van der Waals surface area (Å²) in [5, 5.41) is 5.81. The van der Waals surface area contributed by atoms with Crippen LogP contribution in [0.4, 0.5) is 0 Å². The summed E-state index contributed by atoms with van der Waals surface area (Å²) in [6, 6.07) is 5.57. The van der Waals surface area contributed by atoms with Crippen LogP contribution in [0.1, 0.15) is 17.3 Å². The number of carbonyl (C=O) groups is 2. The van der Waals surface area contributed by atoms with Gasteiger partial charge in [0.2, 0.25) is 5.91 Å². The molecule has 1 aromatic carbocycles. The van der Waals surface area contributed by atoms with Gasteiger partial charge in [-0.2, -0.15) is 0 Å². The zero-order valence-electron chi connectivity index (χ0n) is 13.6. The molecule has 0 unspecified atom stereocenters. The van der Waals surface area contributed by atoms with Crippen LogP contribution in [0.25, 0.3) is 0 Å². The molecule has 0 heterocycles. The maximum atomic E-state index is 12.1. The van der Waals surface area contributed by atoms with E-state index >= 15 is 0 Å². The molecule has 0 aliphatic heterocycles. The van der Waals surface area contributed by atoms with E-state index in [-0.39, 0.29) is 10.8 Å². The highest BCUT2D eigenvalue weighted by atomic mass is 32.2. The van der Waals surface area contributed by atoms with E-state index in [1.807, 2.05) is 6.92 Å². The number of sulfone groups is 1. The topological polar surface area (TPSA) is 95.6 Å². The van der Waals surface area contributed by atoms with E-state index in [0.717, 1.165) is 6.54 Å². The summed E-state index contributed by atoms with van der Waals surface area (Å²) in [7, 11) is -0.707. The Morgan fingerprint density at radius 2 is 1.70 bits per heavy atom. The third kappa shape index (κ3) is 5.99. The van der Waals surface area contributed by atoms with Crippen molar-refractivity contribution in [2.75, 3.05) is 39.5 Å². The van der Waals surface area contributed by atoms with Crippen molar-refractivity contribution in [1.29, 1.82) is 0 Å². The smallest absolute Gasteiger partial charge is 0.251 e. The maximum Gasteiger partial charge on any atom is 0.251 e. The van der Waals surface area contributed by atoms with Crippen molar-refractivity contribution in [1.82, 2.24) is 15.5 Å². The van der Waals surface area contributed by atoms with Gasteiger partial charge in [0.15, 0.2) is 9.84 Å². The van der Waals surface area contributed by atoms with E-state index in [1.54, 1.807) is 0 Å². The van der Waals surface area contributed by atoms with E-state index in [1.165, 1.54) is 43.3 Å². The van der Waals surface area contributed by atoms with E-state index in [0.29, 0.717) is 18.7 Å². The average molecular weight is 341 g/mol. The Hall–Kier alpha value is -1.93. The minimum Gasteiger partial charge on any atom is -0.351 e. The van der Waals surface area contributed by atoms with Crippen molar-refractivity contribution in [3.05, 3.63) is 29.8 Å². The van der Waals surface area contributed by atoms with Crippen LogP contribution >= 0.6 is 0 Å². The Morgan fingerprint density at radius 1 is 1.09 bits per heavy atom. The maximum absolute atomic E-state index is 12.1. The van der Waals surface area contributed by atoms with Gasteiger partial charge in [0.05, 0.1) is 4.90 Å². The van der Waals surface area contributed by atoms with Gasteiger partial charge in [0, 0.05) is 32.7 Å². The number of hydrogen-bond acceptors (Lipinski definition) is 5. The number of hydrogen-bond donors (Lipinski definition) is 2. The van der Waals surface area contributed by atoms with Crippen molar-refractivity contribution in [3.63, 3.8) is 0 Å². The zero-order chi connectivity index (χ0) is 17.5. The summed E-state index contributed by atoms with van der Waals surface area (Å²) < 4.78 is 24.2. The summed E-state index contributed by atoms with van der Waals surface area (Å²) >= 11 is 0. The van der Waals surface area contributed by atoms with Crippen LogP contribution in [0.3, 0.4) is 0 Å². The minimum atomic E-state index is -3.70. The van der Waals surface area contributed by atoms with Gasteiger partial charge < -0.3 is 15.5 Å². The molecule has 0 spiro atoms. The number of nitrogens with one attached hydrogen (secondary N) is 2.